The monoisotopic (exact) mass is 420 g/mol. The maximum atomic E-state index is 13.9. The molecule has 3 aromatic carbocycles. The van der Waals surface area contributed by atoms with E-state index in [4.69, 9.17) is 4.42 Å². The molecular formula is C24H18F2N2O3. The first-order valence-electron chi connectivity index (χ1n) is 9.50. The SMILES string of the molecule is Cc1ccc2oc(=O)c(NC(=O)Nc3ccc(F)cc3F)c(-c3ccccc3C)c2c1. The molecular weight excluding hydrogens is 402 g/mol. The number of anilines is 2. The van der Waals surface area contributed by atoms with Crippen molar-refractivity contribution in [1.82, 2.24) is 0 Å². The topological polar surface area (TPSA) is 71.3 Å². The van der Waals surface area contributed by atoms with Gasteiger partial charge in [-0.25, -0.2) is 18.4 Å². The predicted octanol–water partition coefficient (Wildman–Crippen LogP) is 6.00. The quantitative estimate of drug-likeness (QED) is 0.400. The van der Waals surface area contributed by atoms with E-state index in [0.29, 0.717) is 22.6 Å². The first kappa shape index (κ1) is 20.3. The second-order valence-electron chi connectivity index (χ2n) is 7.16. The lowest BCUT2D eigenvalue weighted by molar-refractivity contribution is 0.262. The largest absolute Gasteiger partial charge is 0.421 e. The lowest BCUT2D eigenvalue weighted by atomic mass is 9.95. The molecule has 1 heterocycles. The molecule has 0 unspecified atom stereocenters. The zero-order valence-corrected chi connectivity index (χ0v) is 16.8. The highest BCUT2D eigenvalue weighted by atomic mass is 19.1. The van der Waals surface area contributed by atoms with Gasteiger partial charge in [0.2, 0.25) is 0 Å². The Morgan fingerprint density at radius 2 is 1.71 bits per heavy atom. The van der Waals surface area contributed by atoms with Crippen molar-refractivity contribution in [3.63, 3.8) is 0 Å². The van der Waals surface area contributed by atoms with Crippen LogP contribution in [-0.2, 0) is 0 Å². The van der Waals surface area contributed by atoms with Gasteiger partial charge in [0.1, 0.15) is 22.9 Å². The maximum Gasteiger partial charge on any atom is 0.360 e. The molecule has 5 nitrogen and oxygen atoms in total. The first-order chi connectivity index (χ1) is 14.8. The normalized spacial score (nSPS) is 10.8. The number of fused-ring (bicyclic) bond motifs is 1. The molecule has 0 bridgehead atoms. The molecule has 0 spiro atoms. The fourth-order valence-electron chi connectivity index (χ4n) is 3.42. The summed E-state index contributed by atoms with van der Waals surface area (Å²) in [6.45, 7) is 3.80. The number of nitrogens with one attached hydrogen (secondary N) is 2. The van der Waals surface area contributed by atoms with Gasteiger partial charge in [0, 0.05) is 17.0 Å². The average molecular weight is 420 g/mol. The summed E-state index contributed by atoms with van der Waals surface area (Å²) < 4.78 is 32.5. The number of halogens is 2. The van der Waals surface area contributed by atoms with Gasteiger partial charge < -0.3 is 15.1 Å². The Morgan fingerprint density at radius 3 is 2.45 bits per heavy atom. The van der Waals surface area contributed by atoms with Crippen LogP contribution in [0.4, 0.5) is 25.0 Å². The number of benzene rings is 3. The van der Waals surface area contributed by atoms with Crippen LogP contribution in [0.5, 0.6) is 0 Å². The Hall–Kier alpha value is -4.00. The molecule has 0 radical (unpaired) electrons. The number of carbonyl (C=O) groups excluding carboxylic acids is 1. The number of hydrogen-bond acceptors (Lipinski definition) is 3. The van der Waals surface area contributed by atoms with Crippen molar-refractivity contribution in [3.8, 4) is 11.1 Å². The van der Waals surface area contributed by atoms with Crippen molar-refractivity contribution < 1.29 is 18.0 Å². The van der Waals surface area contributed by atoms with Gasteiger partial charge in [0.25, 0.3) is 0 Å². The van der Waals surface area contributed by atoms with Crippen molar-refractivity contribution in [2.24, 2.45) is 0 Å². The molecule has 0 aliphatic carbocycles. The second-order valence-corrected chi connectivity index (χ2v) is 7.16. The van der Waals surface area contributed by atoms with Gasteiger partial charge in [-0.1, -0.05) is 35.9 Å². The van der Waals surface area contributed by atoms with Gasteiger partial charge in [0.15, 0.2) is 0 Å². The van der Waals surface area contributed by atoms with Crippen LogP contribution >= 0.6 is 0 Å². The minimum Gasteiger partial charge on any atom is -0.421 e. The Labute approximate surface area is 176 Å². The van der Waals surface area contributed by atoms with Gasteiger partial charge in [-0.3, -0.25) is 0 Å². The molecule has 0 atom stereocenters. The van der Waals surface area contributed by atoms with Crippen molar-refractivity contribution in [2.75, 3.05) is 10.6 Å². The summed E-state index contributed by atoms with van der Waals surface area (Å²) in [6, 6.07) is 14.7. The molecule has 0 aliphatic rings. The molecule has 156 valence electrons. The maximum absolute atomic E-state index is 13.9. The molecule has 31 heavy (non-hydrogen) atoms. The van der Waals surface area contributed by atoms with E-state index in [1.165, 1.54) is 0 Å². The lowest BCUT2D eigenvalue weighted by Gasteiger charge is -2.15. The number of rotatable bonds is 3. The first-order valence-corrected chi connectivity index (χ1v) is 9.50. The molecule has 0 fully saturated rings. The molecule has 0 aliphatic heterocycles. The Balaban J connectivity index is 1.84. The van der Waals surface area contributed by atoms with E-state index < -0.39 is 23.3 Å². The minimum atomic E-state index is -0.935. The van der Waals surface area contributed by atoms with Gasteiger partial charge in [-0.2, -0.15) is 0 Å². The van der Waals surface area contributed by atoms with Gasteiger partial charge in [-0.15, -0.1) is 0 Å². The third kappa shape index (κ3) is 4.02. The van der Waals surface area contributed by atoms with Crippen molar-refractivity contribution in [2.45, 2.75) is 13.8 Å². The summed E-state index contributed by atoms with van der Waals surface area (Å²) in [6.07, 6.45) is 0. The highest BCUT2D eigenvalue weighted by molar-refractivity contribution is 6.07. The van der Waals surface area contributed by atoms with Crippen LogP contribution < -0.4 is 16.3 Å². The van der Waals surface area contributed by atoms with E-state index in [9.17, 15) is 18.4 Å². The van der Waals surface area contributed by atoms with Crippen LogP contribution in [0, 0.1) is 25.5 Å². The zero-order chi connectivity index (χ0) is 22.1. The number of hydrogen-bond donors (Lipinski definition) is 2. The van der Waals surface area contributed by atoms with Gasteiger partial charge in [0.05, 0.1) is 5.69 Å². The number of amides is 2. The Kier molecular flexibility index (Phi) is 5.25. The Morgan fingerprint density at radius 1 is 0.935 bits per heavy atom. The second kappa shape index (κ2) is 8.02. The summed E-state index contributed by atoms with van der Waals surface area (Å²) in [5.41, 5.74) is 2.42. The fourth-order valence-corrected chi connectivity index (χ4v) is 3.42. The summed E-state index contributed by atoms with van der Waals surface area (Å²) in [5, 5.41) is 5.43. The third-order valence-electron chi connectivity index (χ3n) is 4.89. The van der Waals surface area contributed by atoms with Crippen LogP contribution in [0.3, 0.4) is 0 Å². The average Bonchev–Trinajstić information content (AvgIpc) is 2.72. The van der Waals surface area contributed by atoms with E-state index in [0.717, 1.165) is 28.8 Å². The number of aryl methyl sites for hydroxylation is 2. The van der Waals surface area contributed by atoms with E-state index in [1.807, 2.05) is 50.2 Å². The predicted molar refractivity (Wildman–Crippen MR) is 116 cm³/mol. The van der Waals surface area contributed by atoms with Crippen LogP contribution in [0.2, 0.25) is 0 Å². The van der Waals surface area contributed by atoms with E-state index in [-0.39, 0.29) is 11.4 Å². The molecule has 0 saturated heterocycles. The van der Waals surface area contributed by atoms with Crippen molar-refractivity contribution in [3.05, 3.63) is 93.8 Å². The van der Waals surface area contributed by atoms with Crippen molar-refractivity contribution in [1.29, 1.82) is 0 Å². The highest BCUT2D eigenvalue weighted by Gasteiger charge is 2.20. The summed E-state index contributed by atoms with van der Waals surface area (Å²) in [5.74, 6) is -1.70. The number of urea groups is 1. The molecule has 2 N–H and O–H groups in total. The van der Waals surface area contributed by atoms with Gasteiger partial charge in [-0.05, 0) is 49.2 Å². The zero-order valence-electron chi connectivity index (χ0n) is 16.8. The van der Waals surface area contributed by atoms with Crippen LogP contribution in [0.25, 0.3) is 22.1 Å². The van der Waals surface area contributed by atoms with Crippen LogP contribution in [-0.4, -0.2) is 6.03 Å². The van der Waals surface area contributed by atoms with E-state index >= 15 is 0 Å². The molecule has 1 aromatic heterocycles. The van der Waals surface area contributed by atoms with Gasteiger partial charge >= 0.3 is 11.7 Å². The van der Waals surface area contributed by atoms with E-state index in [2.05, 4.69) is 10.6 Å². The smallest absolute Gasteiger partial charge is 0.360 e. The summed E-state index contributed by atoms with van der Waals surface area (Å²) in [4.78, 5) is 25.4. The highest BCUT2D eigenvalue weighted by Crippen LogP contribution is 2.35. The van der Waals surface area contributed by atoms with Crippen molar-refractivity contribution >= 4 is 28.4 Å². The molecule has 7 heteroatoms. The van der Waals surface area contributed by atoms with Crippen LogP contribution in [0.1, 0.15) is 11.1 Å². The number of carbonyl (C=O) groups is 1. The molecule has 4 aromatic rings. The Bertz CT molecular complexity index is 1380. The molecule has 2 amide bonds. The fraction of sp³-hybridized carbons (Fsp3) is 0.0833. The molecule has 0 saturated carbocycles. The molecule has 4 rings (SSSR count). The standard InChI is InChI=1S/C24H18F2N2O3/c1-13-7-10-20-17(11-13)21(16-6-4-3-5-14(16)2)22(23(29)31-20)28-24(30)27-19-9-8-15(25)12-18(19)26/h3-12H,1-2H3,(H2,27,28,30). The van der Waals surface area contributed by atoms with Crippen LogP contribution in [0.15, 0.2) is 69.9 Å². The summed E-state index contributed by atoms with van der Waals surface area (Å²) >= 11 is 0. The summed E-state index contributed by atoms with van der Waals surface area (Å²) in [7, 11) is 0. The minimum absolute atomic E-state index is 0.0765. The van der Waals surface area contributed by atoms with E-state index in [1.54, 1.807) is 6.07 Å². The third-order valence-corrected chi connectivity index (χ3v) is 4.89. The lowest BCUT2D eigenvalue weighted by Crippen LogP contribution is -2.24.